The summed E-state index contributed by atoms with van der Waals surface area (Å²) in [6.45, 7) is 5.20. The average molecular weight is 475 g/mol. The normalized spacial score (nSPS) is 28.0. The molecule has 0 aromatic carbocycles. The summed E-state index contributed by atoms with van der Waals surface area (Å²) >= 11 is 0. The molecule has 0 heterocycles. The molecule has 0 bridgehead atoms. The van der Waals surface area contributed by atoms with Crippen LogP contribution in [0.3, 0.4) is 0 Å². The van der Waals surface area contributed by atoms with Crippen LogP contribution in [0.2, 0.25) is 0 Å². The zero-order chi connectivity index (χ0) is 24.1. The molecular formula is C32H58O2. The van der Waals surface area contributed by atoms with E-state index in [0.717, 1.165) is 31.1 Å². The minimum atomic E-state index is -0.182. The zero-order valence-corrected chi connectivity index (χ0v) is 23.1. The number of ether oxygens (including phenoxy) is 1. The smallest absolute Gasteiger partial charge is 0.312 e. The first kappa shape index (κ1) is 28.0. The molecule has 0 aromatic heterocycles. The summed E-state index contributed by atoms with van der Waals surface area (Å²) in [6, 6.07) is 0. The van der Waals surface area contributed by atoms with E-state index in [4.69, 9.17) is 4.74 Å². The topological polar surface area (TPSA) is 26.3 Å². The molecule has 3 aliphatic rings. The third kappa shape index (κ3) is 7.25. The third-order valence-corrected chi connectivity index (χ3v) is 10.4. The van der Waals surface area contributed by atoms with E-state index in [9.17, 15) is 4.79 Å². The maximum Gasteiger partial charge on any atom is 0.312 e. The lowest BCUT2D eigenvalue weighted by molar-refractivity contribution is -0.175. The van der Waals surface area contributed by atoms with E-state index < -0.39 is 0 Å². The fourth-order valence-corrected chi connectivity index (χ4v) is 8.24. The van der Waals surface area contributed by atoms with Crippen molar-refractivity contribution >= 4 is 5.97 Å². The SMILES string of the molecule is CCCCCCC[C@]1(C2(C(=O)OCCCCCC)CCCCC2)CC[C@@H](C2CCCCC2)CC1. The van der Waals surface area contributed by atoms with Crippen LogP contribution in [0.25, 0.3) is 0 Å². The molecule has 3 rings (SSSR count). The van der Waals surface area contributed by atoms with E-state index in [-0.39, 0.29) is 16.8 Å². The van der Waals surface area contributed by atoms with E-state index in [1.54, 1.807) is 0 Å². The molecular weight excluding hydrogens is 416 g/mol. The summed E-state index contributed by atoms with van der Waals surface area (Å²) in [5, 5.41) is 0. The second kappa shape index (κ2) is 14.9. The number of carbonyl (C=O) groups is 1. The molecule has 0 saturated heterocycles. The maximum atomic E-state index is 14.0. The van der Waals surface area contributed by atoms with E-state index in [1.807, 2.05) is 0 Å². The van der Waals surface area contributed by atoms with Crippen LogP contribution in [-0.4, -0.2) is 12.6 Å². The first-order valence-corrected chi connectivity index (χ1v) is 15.8. The van der Waals surface area contributed by atoms with Gasteiger partial charge in [-0.15, -0.1) is 0 Å². The minimum absolute atomic E-state index is 0.182. The Hall–Kier alpha value is -0.530. The predicted molar refractivity (Wildman–Crippen MR) is 145 cm³/mol. The van der Waals surface area contributed by atoms with Crippen molar-refractivity contribution in [3.8, 4) is 0 Å². The second-order valence-corrected chi connectivity index (χ2v) is 12.5. The van der Waals surface area contributed by atoms with Crippen LogP contribution >= 0.6 is 0 Å². The number of rotatable bonds is 14. The van der Waals surface area contributed by atoms with E-state index in [2.05, 4.69) is 13.8 Å². The number of hydrogen-bond acceptors (Lipinski definition) is 2. The van der Waals surface area contributed by atoms with Gasteiger partial charge in [0.2, 0.25) is 0 Å². The van der Waals surface area contributed by atoms with Crippen LogP contribution in [0.5, 0.6) is 0 Å². The Kier molecular flexibility index (Phi) is 12.3. The van der Waals surface area contributed by atoms with Crippen molar-refractivity contribution in [2.45, 2.75) is 168 Å². The summed E-state index contributed by atoms with van der Waals surface area (Å²) < 4.78 is 6.16. The molecule has 0 spiro atoms. The zero-order valence-electron chi connectivity index (χ0n) is 23.1. The van der Waals surface area contributed by atoms with Crippen LogP contribution in [0.4, 0.5) is 0 Å². The summed E-state index contributed by atoms with van der Waals surface area (Å²) in [6.07, 6.45) is 31.4. The largest absolute Gasteiger partial charge is 0.465 e. The quantitative estimate of drug-likeness (QED) is 0.185. The van der Waals surface area contributed by atoms with Crippen LogP contribution in [0.1, 0.15) is 168 Å². The first-order chi connectivity index (χ1) is 16.7. The molecule has 34 heavy (non-hydrogen) atoms. The Labute approximate surface area is 212 Å². The molecule has 0 aromatic rings. The number of unbranched alkanes of at least 4 members (excludes halogenated alkanes) is 7. The molecule has 198 valence electrons. The fourth-order valence-electron chi connectivity index (χ4n) is 8.24. The van der Waals surface area contributed by atoms with Crippen molar-refractivity contribution in [3.05, 3.63) is 0 Å². The molecule has 3 aliphatic carbocycles. The minimum Gasteiger partial charge on any atom is -0.465 e. The maximum absolute atomic E-state index is 14.0. The van der Waals surface area contributed by atoms with E-state index in [1.165, 1.54) is 135 Å². The van der Waals surface area contributed by atoms with Gasteiger partial charge in [0.25, 0.3) is 0 Å². The number of carbonyl (C=O) groups excluding carboxylic acids is 1. The van der Waals surface area contributed by atoms with Gasteiger partial charge in [0.1, 0.15) is 0 Å². The predicted octanol–water partition coefficient (Wildman–Crippen LogP) is 10.2. The molecule has 0 aliphatic heterocycles. The second-order valence-electron chi connectivity index (χ2n) is 12.5. The van der Waals surface area contributed by atoms with Crippen molar-refractivity contribution in [2.75, 3.05) is 6.61 Å². The van der Waals surface area contributed by atoms with Gasteiger partial charge in [0.15, 0.2) is 0 Å². The summed E-state index contributed by atoms with van der Waals surface area (Å²) in [4.78, 5) is 14.0. The van der Waals surface area contributed by atoms with Crippen LogP contribution in [-0.2, 0) is 9.53 Å². The van der Waals surface area contributed by atoms with Gasteiger partial charge < -0.3 is 4.74 Å². The van der Waals surface area contributed by atoms with Gasteiger partial charge in [0, 0.05) is 0 Å². The number of esters is 1. The van der Waals surface area contributed by atoms with Gasteiger partial charge in [-0.05, 0) is 68.6 Å². The van der Waals surface area contributed by atoms with Gasteiger partial charge in [-0.2, -0.15) is 0 Å². The summed E-state index contributed by atoms with van der Waals surface area (Å²) in [5.74, 6) is 2.12. The molecule has 0 radical (unpaired) electrons. The van der Waals surface area contributed by atoms with Crippen molar-refractivity contribution in [2.24, 2.45) is 22.7 Å². The lowest BCUT2D eigenvalue weighted by Crippen LogP contribution is -2.52. The Bertz CT molecular complexity index is 547. The molecule has 0 atom stereocenters. The van der Waals surface area contributed by atoms with Crippen molar-refractivity contribution in [1.82, 2.24) is 0 Å². The van der Waals surface area contributed by atoms with Crippen molar-refractivity contribution in [1.29, 1.82) is 0 Å². The molecule has 2 nitrogen and oxygen atoms in total. The van der Waals surface area contributed by atoms with Gasteiger partial charge in [0.05, 0.1) is 12.0 Å². The lowest BCUT2D eigenvalue weighted by Gasteiger charge is -2.55. The highest BCUT2D eigenvalue weighted by Gasteiger charge is 2.57. The molecule has 0 unspecified atom stereocenters. The van der Waals surface area contributed by atoms with Gasteiger partial charge in [-0.25, -0.2) is 0 Å². The Balaban J connectivity index is 1.71. The monoisotopic (exact) mass is 474 g/mol. The van der Waals surface area contributed by atoms with Crippen molar-refractivity contribution in [3.63, 3.8) is 0 Å². The highest BCUT2D eigenvalue weighted by Crippen LogP contribution is 2.61. The Morgan fingerprint density at radius 3 is 1.85 bits per heavy atom. The molecule has 3 fully saturated rings. The van der Waals surface area contributed by atoms with Crippen molar-refractivity contribution < 1.29 is 9.53 Å². The van der Waals surface area contributed by atoms with E-state index in [0.29, 0.717) is 6.61 Å². The van der Waals surface area contributed by atoms with E-state index >= 15 is 0 Å². The van der Waals surface area contributed by atoms with Gasteiger partial charge >= 0.3 is 5.97 Å². The lowest BCUT2D eigenvalue weighted by atomic mass is 9.49. The molecule has 0 N–H and O–H groups in total. The standard InChI is InChI=1S/C32H58O2/c1-3-5-7-9-14-22-31(25-20-29(21-26-31)28-18-12-10-13-19-28)32(23-15-11-16-24-32)30(33)34-27-17-8-6-4-2/h28-29H,3-27H2,1-2H3/t29-,31+. The fraction of sp³-hybridized carbons (Fsp3) is 0.969. The molecule has 2 heteroatoms. The molecule has 0 amide bonds. The first-order valence-electron chi connectivity index (χ1n) is 15.8. The molecule has 3 saturated carbocycles. The van der Waals surface area contributed by atoms with Crippen LogP contribution in [0.15, 0.2) is 0 Å². The third-order valence-electron chi connectivity index (χ3n) is 10.4. The average Bonchev–Trinajstić information content (AvgIpc) is 2.89. The number of hydrogen-bond donors (Lipinski definition) is 0. The summed E-state index contributed by atoms with van der Waals surface area (Å²) in [5.41, 5.74) is 0.0313. The van der Waals surface area contributed by atoms with Crippen LogP contribution in [0, 0.1) is 22.7 Å². The highest BCUT2D eigenvalue weighted by molar-refractivity contribution is 5.78. The Morgan fingerprint density at radius 1 is 0.647 bits per heavy atom. The van der Waals surface area contributed by atoms with Gasteiger partial charge in [-0.3, -0.25) is 4.79 Å². The van der Waals surface area contributed by atoms with Crippen LogP contribution < -0.4 is 0 Å². The summed E-state index contributed by atoms with van der Waals surface area (Å²) in [7, 11) is 0. The Morgan fingerprint density at radius 2 is 1.21 bits per heavy atom. The van der Waals surface area contributed by atoms with Gasteiger partial charge in [-0.1, -0.05) is 117 Å². The highest BCUT2D eigenvalue weighted by atomic mass is 16.5.